The van der Waals surface area contributed by atoms with Crippen molar-refractivity contribution < 1.29 is 14.6 Å². The van der Waals surface area contributed by atoms with E-state index in [1.807, 2.05) is 18.2 Å². The molecule has 4 heteroatoms. The number of aliphatic hydroxyl groups is 1. The van der Waals surface area contributed by atoms with E-state index in [4.69, 9.17) is 4.74 Å². The molecule has 1 unspecified atom stereocenters. The topological polar surface area (TPSA) is 49.8 Å². The van der Waals surface area contributed by atoms with Crippen molar-refractivity contribution >= 4 is 5.91 Å². The Balaban J connectivity index is 2.04. The molecule has 1 aromatic rings. The van der Waals surface area contributed by atoms with Gasteiger partial charge in [-0.15, -0.1) is 0 Å². The summed E-state index contributed by atoms with van der Waals surface area (Å²) >= 11 is 0. The summed E-state index contributed by atoms with van der Waals surface area (Å²) in [5.41, 5.74) is 0.604. The smallest absolute Gasteiger partial charge is 0.257 e. The molecule has 2 rings (SSSR count). The molecule has 20 heavy (non-hydrogen) atoms. The average Bonchev–Trinajstić information content (AvgIpc) is 2.39. The largest absolute Gasteiger partial charge is 0.490 e. The van der Waals surface area contributed by atoms with E-state index in [0.717, 1.165) is 12.8 Å². The van der Waals surface area contributed by atoms with Crippen LogP contribution in [0.2, 0.25) is 0 Å². The minimum atomic E-state index is -0.397. The molecule has 1 aliphatic carbocycles. The van der Waals surface area contributed by atoms with Crippen LogP contribution in [0.15, 0.2) is 24.3 Å². The molecule has 1 saturated carbocycles. The first-order chi connectivity index (χ1) is 9.58. The number of rotatable bonds is 6. The number of para-hydroxylation sites is 1. The Bertz CT molecular complexity index is 455. The predicted octanol–water partition coefficient (Wildman–Crippen LogP) is 2.46. The van der Waals surface area contributed by atoms with Gasteiger partial charge in [-0.05, 0) is 44.7 Å². The molecule has 1 aliphatic rings. The van der Waals surface area contributed by atoms with E-state index in [-0.39, 0.29) is 12.0 Å². The van der Waals surface area contributed by atoms with Crippen LogP contribution in [0.1, 0.15) is 43.0 Å². The SMILES string of the molecule is CC(O)CCN(C)C(=O)c1ccccc1OC1CCC1. The zero-order chi connectivity index (χ0) is 14.5. The summed E-state index contributed by atoms with van der Waals surface area (Å²) in [6.07, 6.45) is 3.78. The van der Waals surface area contributed by atoms with Crippen molar-refractivity contribution in [3.05, 3.63) is 29.8 Å². The van der Waals surface area contributed by atoms with Crippen molar-refractivity contribution in [1.29, 1.82) is 0 Å². The van der Waals surface area contributed by atoms with Gasteiger partial charge in [0.05, 0.1) is 17.8 Å². The average molecular weight is 277 g/mol. The zero-order valence-electron chi connectivity index (χ0n) is 12.2. The van der Waals surface area contributed by atoms with Gasteiger partial charge >= 0.3 is 0 Å². The normalized spacial score (nSPS) is 16.4. The summed E-state index contributed by atoms with van der Waals surface area (Å²) < 4.78 is 5.88. The third-order valence-electron chi connectivity index (χ3n) is 3.69. The minimum absolute atomic E-state index is 0.0550. The Hall–Kier alpha value is -1.55. The second-order valence-corrected chi connectivity index (χ2v) is 5.53. The standard InChI is InChI=1S/C16H23NO3/c1-12(18)10-11-17(2)16(19)14-8-3-4-9-15(14)20-13-6-5-7-13/h3-4,8-9,12-13,18H,5-7,10-11H2,1-2H3. The molecule has 0 radical (unpaired) electrons. The number of carbonyl (C=O) groups is 1. The van der Waals surface area contributed by atoms with Gasteiger partial charge in [-0.25, -0.2) is 0 Å². The highest BCUT2D eigenvalue weighted by Crippen LogP contribution is 2.28. The molecule has 0 saturated heterocycles. The fraction of sp³-hybridized carbons (Fsp3) is 0.562. The second-order valence-electron chi connectivity index (χ2n) is 5.53. The van der Waals surface area contributed by atoms with Crippen molar-refractivity contribution in [2.75, 3.05) is 13.6 Å². The van der Waals surface area contributed by atoms with Crippen LogP contribution in [0.25, 0.3) is 0 Å². The molecule has 1 amide bonds. The Morgan fingerprint density at radius 3 is 2.75 bits per heavy atom. The van der Waals surface area contributed by atoms with Crippen LogP contribution in [-0.2, 0) is 0 Å². The third kappa shape index (κ3) is 3.73. The number of ether oxygens (including phenoxy) is 1. The van der Waals surface area contributed by atoms with Crippen LogP contribution >= 0.6 is 0 Å². The van der Waals surface area contributed by atoms with Gasteiger partial charge in [-0.1, -0.05) is 12.1 Å². The van der Waals surface area contributed by atoms with Gasteiger partial charge in [0.2, 0.25) is 0 Å². The van der Waals surface area contributed by atoms with Gasteiger partial charge in [0.1, 0.15) is 5.75 Å². The van der Waals surface area contributed by atoms with Crippen molar-refractivity contribution in [3.63, 3.8) is 0 Å². The maximum atomic E-state index is 12.4. The summed E-state index contributed by atoms with van der Waals surface area (Å²) in [5.74, 6) is 0.617. The lowest BCUT2D eigenvalue weighted by Crippen LogP contribution is -2.31. The quantitative estimate of drug-likeness (QED) is 0.869. The lowest BCUT2D eigenvalue weighted by molar-refractivity contribution is 0.0751. The molecular weight excluding hydrogens is 254 g/mol. The first kappa shape index (κ1) is 14.9. The number of hydrogen-bond donors (Lipinski definition) is 1. The number of aliphatic hydroxyl groups excluding tert-OH is 1. The van der Waals surface area contributed by atoms with Crippen LogP contribution < -0.4 is 4.74 Å². The first-order valence-electron chi connectivity index (χ1n) is 7.27. The molecule has 0 heterocycles. The highest BCUT2D eigenvalue weighted by molar-refractivity contribution is 5.96. The Labute approximate surface area is 120 Å². The molecule has 0 aromatic heterocycles. The monoisotopic (exact) mass is 277 g/mol. The van der Waals surface area contributed by atoms with Gasteiger partial charge in [0.25, 0.3) is 5.91 Å². The number of benzene rings is 1. The highest BCUT2D eigenvalue weighted by Gasteiger charge is 2.23. The van der Waals surface area contributed by atoms with Crippen LogP contribution in [-0.4, -0.2) is 41.7 Å². The van der Waals surface area contributed by atoms with E-state index in [1.165, 1.54) is 6.42 Å². The van der Waals surface area contributed by atoms with E-state index in [0.29, 0.717) is 24.3 Å². The van der Waals surface area contributed by atoms with Crippen molar-refractivity contribution in [1.82, 2.24) is 4.90 Å². The highest BCUT2D eigenvalue weighted by atomic mass is 16.5. The molecule has 0 spiro atoms. The van der Waals surface area contributed by atoms with E-state index in [9.17, 15) is 9.90 Å². The van der Waals surface area contributed by atoms with E-state index in [1.54, 1.807) is 24.9 Å². The molecule has 1 aromatic carbocycles. The van der Waals surface area contributed by atoms with Crippen molar-refractivity contribution in [2.24, 2.45) is 0 Å². The second kappa shape index (κ2) is 6.75. The Morgan fingerprint density at radius 2 is 2.15 bits per heavy atom. The molecule has 1 fully saturated rings. The lowest BCUT2D eigenvalue weighted by Gasteiger charge is -2.28. The van der Waals surface area contributed by atoms with Crippen LogP contribution in [0.4, 0.5) is 0 Å². The van der Waals surface area contributed by atoms with Gasteiger partial charge in [0.15, 0.2) is 0 Å². The molecule has 1 atom stereocenters. The van der Waals surface area contributed by atoms with Gasteiger partial charge < -0.3 is 14.7 Å². The molecule has 110 valence electrons. The molecule has 4 nitrogen and oxygen atoms in total. The van der Waals surface area contributed by atoms with Crippen molar-refractivity contribution in [2.45, 2.75) is 44.8 Å². The molecule has 1 N–H and O–H groups in total. The fourth-order valence-corrected chi connectivity index (χ4v) is 2.10. The van der Waals surface area contributed by atoms with Gasteiger partial charge in [-0.3, -0.25) is 4.79 Å². The lowest BCUT2D eigenvalue weighted by atomic mass is 9.96. The summed E-state index contributed by atoms with van der Waals surface area (Å²) in [6.45, 7) is 2.26. The Kier molecular flexibility index (Phi) is 5.01. The number of hydrogen-bond acceptors (Lipinski definition) is 3. The number of nitrogens with zero attached hydrogens (tertiary/aromatic N) is 1. The Morgan fingerprint density at radius 1 is 1.45 bits per heavy atom. The van der Waals surface area contributed by atoms with E-state index >= 15 is 0 Å². The number of carbonyl (C=O) groups excluding carboxylic acids is 1. The van der Waals surface area contributed by atoms with Gasteiger partial charge in [-0.2, -0.15) is 0 Å². The fourth-order valence-electron chi connectivity index (χ4n) is 2.10. The maximum Gasteiger partial charge on any atom is 0.257 e. The van der Waals surface area contributed by atoms with Crippen LogP contribution in [0, 0.1) is 0 Å². The third-order valence-corrected chi connectivity index (χ3v) is 3.69. The van der Waals surface area contributed by atoms with Crippen LogP contribution in [0.3, 0.4) is 0 Å². The molecular formula is C16H23NO3. The van der Waals surface area contributed by atoms with Crippen LogP contribution in [0.5, 0.6) is 5.75 Å². The summed E-state index contributed by atoms with van der Waals surface area (Å²) in [4.78, 5) is 14.1. The summed E-state index contributed by atoms with van der Waals surface area (Å²) in [6, 6.07) is 7.40. The number of amides is 1. The minimum Gasteiger partial charge on any atom is -0.490 e. The molecule has 0 aliphatic heterocycles. The van der Waals surface area contributed by atoms with E-state index in [2.05, 4.69) is 0 Å². The van der Waals surface area contributed by atoms with E-state index < -0.39 is 6.10 Å². The zero-order valence-corrected chi connectivity index (χ0v) is 12.2. The molecule has 0 bridgehead atoms. The van der Waals surface area contributed by atoms with Crippen molar-refractivity contribution in [3.8, 4) is 5.75 Å². The van der Waals surface area contributed by atoms with Gasteiger partial charge in [0, 0.05) is 13.6 Å². The summed E-state index contributed by atoms with van der Waals surface area (Å²) in [5, 5.41) is 9.30. The first-order valence-corrected chi connectivity index (χ1v) is 7.27. The predicted molar refractivity (Wildman–Crippen MR) is 78.0 cm³/mol. The maximum absolute atomic E-state index is 12.4. The summed E-state index contributed by atoms with van der Waals surface area (Å²) in [7, 11) is 1.75.